The number of rotatable bonds is 14. The van der Waals surface area contributed by atoms with Crippen molar-refractivity contribution in [3.8, 4) is 22.5 Å². The van der Waals surface area contributed by atoms with Crippen LogP contribution >= 0.6 is 0 Å². The van der Waals surface area contributed by atoms with Crippen LogP contribution in [0.3, 0.4) is 0 Å². The van der Waals surface area contributed by atoms with Gasteiger partial charge in [0.15, 0.2) is 22.6 Å². The first kappa shape index (κ1) is 41.4. The Bertz CT molecular complexity index is 2530. The van der Waals surface area contributed by atoms with Crippen molar-refractivity contribution in [2.75, 3.05) is 27.3 Å². The second-order valence-corrected chi connectivity index (χ2v) is 15.6. The summed E-state index contributed by atoms with van der Waals surface area (Å²) in [6.45, 7) is 8.50. The number of benzene rings is 2. The van der Waals surface area contributed by atoms with Crippen molar-refractivity contribution in [1.29, 1.82) is 0 Å². The van der Waals surface area contributed by atoms with Crippen molar-refractivity contribution in [2.45, 2.75) is 77.9 Å². The van der Waals surface area contributed by atoms with Crippen molar-refractivity contribution in [3.63, 3.8) is 0 Å². The number of likely N-dealkylation sites (tertiary alicyclic amines) is 1. The quantitative estimate of drug-likeness (QED) is 0.0873. The van der Waals surface area contributed by atoms with Crippen LogP contribution in [0.4, 0.5) is 9.59 Å². The number of hydrogen-bond donors (Lipinski definition) is 5. The molecule has 0 saturated carbocycles. The smallest absolute Gasteiger partial charge is 0.407 e. The maximum absolute atomic E-state index is 13.6. The van der Waals surface area contributed by atoms with Crippen LogP contribution in [0.5, 0.6) is 0 Å². The molecule has 18 heteroatoms. The number of amides is 4. The molecular formula is C42H50N12O6. The summed E-state index contributed by atoms with van der Waals surface area (Å²) < 4.78 is 9.39. The maximum Gasteiger partial charge on any atom is 0.407 e. The number of aromatic nitrogens is 8. The molecule has 5 heterocycles. The topological polar surface area (TPSA) is 235 Å². The van der Waals surface area contributed by atoms with E-state index < -0.39 is 24.3 Å². The molecule has 0 radical (unpaired) electrons. The number of ether oxygens (including phenoxy) is 2. The highest BCUT2D eigenvalue weighted by Crippen LogP contribution is 2.33. The Kier molecular flexibility index (Phi) is 12.5. The van der Waals surface area contributed by atoms with E-state index in [1.54, 1.807) is 17.3 Å². The molecular weight excluding hydrogens is 769 g/mol. The zero-order valence-corrected chi connectivity index (χ0v) is 34.5. The number of H-pyrrole nitrogens is 2. The molecule has 1 fully saturated rings. The summed E-state index contributed by atoms with van der Waals surface area (Å²) in [6.07, 6.45) is 5.82. The number of imidazole rings is 2. The van der Waals surface area contributed by atoms with Gasteiger partial charge >= 0.3 is 12.2 Å². The van der Waals surface area contributed by atoms with E-state index in [-0.39, 0.29) is 29.7 Å². The van der Waals surface area contributed by atoms with E-state index in [1.165, 1.54) is 14.2 Å². The molecule has 0 aliphatic carbocycles. The molecule has 2 aromatic carbocycles. The van der Waals surface area contributed by atoms with Gasteiger partial charge in [0.25, 0.3) is 0 Å². The number of alkyl carbamates (subject to hydrolysis) is 2. The van der Waals surface area contributed by atoms with Crippen LogP contribution < -0.4 is 16.0 Å². The molecule has 1 aliphatic heterocycles. The van der Waals surface area contributed by atoms with Gasteiger partial charge in [-0.15, -0.1) is 0 Å². The Labute approximate surface area is 346 Å². The third-order valence-electron chi connectivity index (χ3n) is 10.7. The average Bonchev–Trinajstić information content (AvgIpc) is 4.01. The number of fused-ring (bicyclic) bond motifs is 3. The van der Waals surface area contributed by atoms with Crippen molar-refractivity contribution >= 4 is 57.4 Å². The predicted molar refractivity (Wildman–Crippen MR) is 223 cm³/mol. The summed E-state index contributed by atoms with van der Waals surface area (Å²) in [4.78, 5) is 86.4. The molecule has 0 unspecified atom stereocenters. The Morgan fingerprint density at radius 2 is 1.35 bits per heavy atom. The number of hydrogen-bond acceptors (Lipinski definition) is 12. The Morgan fingerprint density at radius 1 is 0.767 bits per heavy atom. The molecule has 314 valence electrons. The van der Waals surface area contributed by atoms with Crippen molar-refractivity contribution in [2.24, 2.45) is 11.8 Å². The molecule has 0 spiro atoms. The summed E-state index contributed by atoms with van der Waals surface area (Å²) in [7, 11) is 2.54. The zero-order chi connectivity index (χ0) is 42.5. The van der Waals surface area contributed by atoms with E-state index in [4.69, 9.17) is 19.7 Å². The molecule has 4 aromatic heterocycles. The van der Waals surface area contributed by atoms with Crippen LogP contribution in [0.2, 0.25) is 0 Å². The second kappa shape index (κ2) is 18.0. The summed E-state index contributed by atoms with van der Waals surface area (Å²) >= 11 is 0. The molecule has 1 saturated heterocycles. The summed E-state index contributed by atoms with van der Waals surface area (Å²) in [5, 5.41) is 10.2. The largest absolute Gasteiger partial charge is 0.453 e. The third kappa shape index (κ3) is 9.11. The lowest BCUT2D eigenvalue weighted by molar-refractivity contribution is -0.135. The SMILES string of the molecule is COC(=O)N[C@H](C(=O)NCCCCc1nc2ncc(-c3ccc4cc(-c5cnc6nc([C@H]7CCCN7C(=O)[C@@H](NC(=O)OC)C(C)C)[nH]c6n5)ccc4c3)nc2[nH]1)C(C)C. The first-order valence-corrected chi connectivity index (χ1v) is 20.2. The molecule has 7 rings (SSSR count). The van der Waals surface area contributed by atoms with Gasteiger partial charge in [0.2, 0.25) is 11.8 Å². The Hall–Kier alpha value is -6.72. The standard InChI is InChI=1S/C42H50N12O6/c1-22(2)32(50-41(57)59-5)39(55)43-16-8-7-11-31-48-35-37(49-31)46-28(20-44-35)26-14-12-25-19-27(15-13-24(25)18-26)29-21-45-36-38(47-29)53-34(52-36)30-10-9-17-54(30)40(56)33(23(3)4)51-42(58)60-6/h12-15,18-23,30,32-33H,7-11,16-17H2,1-6H3,(H,43,55)(H,50,57)(H,51,58)(H,44,46,48,49)(H,45,47,52,53)/t30-,32+,33+/m1/s1. The number of nitrogens with one attached hydrogen (secondary N) is 5. The average molecular weight is 819 g/mol. The molecule has 0 bridgehead atoms. The monoisotopic (exact) mass is 818 g/mol. The number of methoxy groups -OCH3 is 2. The third-order valence-corrected chi connectivity index (χ3v) is 10.7. The zero-order valence-electron chi connectivity index (χ0n) is 34.5. The highest BCUT2D eigenvalue weighted by molar-refractivity contribution is 5.91. The Balaban J connectivity index is 0.991. The van der Waals surface area contributed by atoms with Crippen LogP contribution in [-0.2, 0) is 25.5 Å². The fourth-order valence-corrected chi connectivity index (χ4v) is 7.42. The van der Waals surface area contributed by atoms with Gasteiger partial charge in [-0.05, 0) is 60.4 Å². The number of aromatic amines is 2. The van der Waals surface area contributed by atoms with Gasteiger partial charge in [0.05, 0.1) is 44.0 Å². The van der Waals surface area contributed by atoms with Gasteiger partial charge in [0.1, 0.15) is 23.7 Å². The summed E-state index contributed by atoms with van der Waals surface area (Å²) in [5.74, 6) is 0.722. The summed E-state index contributed by atoms with van der Waals surface area (Å²) in [5.41, 5.74) is 5.29. The van der Waals surface area contributed by atoms with E-state index in [0.717, 1.165) is 53.4 Å². The lowest BCUT2D eigenvalue weighted by Crippen LogP contribution is -2.51. The Morgan fingerprint density at radius 3 is 1.95 bits per heavy atom. The fourth-order valence-electron chi connectivity index (χ4n) is 7.42. The lowest BCUT2D eigenvalue weighted by atomic mass is 10.0. The van der Waals surface area contributed by atoms with Gasteiger partial charge in [0, 0.05) is 30.6 Å². The van der Waals surface area contributed by atoms with E-state index in [2.05, 4.69) is 57.7 Å². The number of nitrogens with zero attached hydrogens (tertiary/aromatic N) is 7. The number of carbonyl (C=O) groups is 4. The van der Waals surface area contributed by atoms with Crippen LogP contribution in [-0.4, -0.2) is 108 Å². The van der Waals surface area contributed by atoms with E-state index in [9.17, 15) is 19.2 Å². The van der Waals surface area contributed by atoms with Crippen LogP contribution in [0.1, 0.15) is 71.1 Å². The predicted octanol–water partition coefficient (Wildman–Crippen LogP) is 5.37. The van der Waals surface area contributed by atoms with E-state index >= 15 is 0 Å². The molecule has 3 atom stereocenters. The maximum atomic E-state index is 13.6. The molecule has 18 nitrogen and oxygen atoms in total. The molecule has 1 aliphatic rings. The molecule has 4 amide bonds. The first-order chi connectivity index (χ1) is 28.9. The van der Waals surface area contributed by atoms with Crippen molar-refractivity contribution in [1.82, 2.24) is 60.7 Å². The van der Waals surface area contributed by atoms with Gasteiger partial charge in [-0.2, -0.15) is 0 Å². The fraction of sp³-hybridized carbons (Fsp3) is 0.429. The van der Waals surface area contributed by atoms with Crippen LogP contribution in [0, 0.1) is 11.8 Å². The molecule has 5 N–H and O–H groups in total. The van der Waals surface area contributed by atoms with Gasteiger partial charge in [-0.3, -0.25) is 9.59 Å². The minimum absolute atomic E-state index is 0.0888. The number of aryl methyl sites for hydroxylation is 1. The first-order valence-electron chi connectivity index (χ1n) is 20.2. The van der Waals surface area contributed by atoms with E-state index in [1.807, 2.05) is 52.0 Å². The summed E-state index contributed by atoms with van der Waals surface area (Å²) in [6, 6.07) is 10.5. The van der Waals surface area contributed by atoms with Gasteiger partial charge in [-0.25, -0.2) is 39.5 Å². The lowest BCUT2D eigenvalue weighted by Gasteiger charge is -2.29. The van der Waals surface area contributed by atoms with Gasteiger partial charge < -0.3 is 40.3 Å². The van der Waals surface area contributed by atoms with Crippen LogP contribution in [0.15, 0.2) is 48.8 Å². The minimum Gasteiger partial charge on any atom is -0.453 e. The van der Waals surface area contributed by atoms with Crippen molar-refractivity contribution < 1.29 is 28.7 Å². The highest BCUT2D eigenvalue weighted by atomic mass is 16.5. The van der Waals surface area contributed by atoms with E-state index in [0.29, 0.717) is 59.3 Å². The number of unbranched alkanes of at least 4 members (excludes halogenated alkanes) is 1. The highest BCUT2D eigenvalue weighted by Gasteiger charge is 2.38. The molecule has 6 aromatic rings. The minimum atomic E-state index is -0.725. The molecule has 60 heavy (non-hydrogen) atoms. The second-order valence-electron chi connectivity index (χ2n) is 15.6. The van der Waals surface area contributed by atoms with Crippen LogP contribution in [0.25, 0.3) is 55.9 Å². The van der Waals surface area contributed by atoms with Crippen molar-refractivity contribution in [3.05, 3.63) is 60.4 Å². The normalized spacial score (nSPS) is 15.1. The van der Waals surface area contributed by atoms with Gasteiger partial charge in [-0.1, -0.05) is 52.0 Å². The number of carbonyl (C=O) groups excluding carboxylic acids is 4.